The van der Waals surface area contributed by atoms with Crippen LogP contribution in [-0.2, 0) is 5.75 Å². The van der Waals surface area contributed by atoms with Crippen LogP contribution >= 0.6 is 11.8 Å². The van der Waals surface area contributed by atoms with Crippen molar-refractivity contribution < 1.29 is 9.90 Å². The molecule has 0 saturated heterocycles. The van der Waals surface area contributed by atoms with Gasteiger partial charge < -0.3 is 10.0 Å². The van der Waals surface area contributed by atoms with Gasteiger partial charge in [0.2, 0.25) is 0 Å². The predicted molar refractivity (Wildman–Crippen MR) is 95.7 cm³/mol. The molecular formula is C19H23NO2S. The quantitative estimate of drug-likeness (QED) is 0.819. The lowest BCUT2D eigenvalue weighted by Crippen LogP contribution is -2.39. The maximum absolute atomic E-state index is 12.3. The molecule has 23 heavy (non-hydrogen) atoms. The van der Waals surface area contributed by atoms with Crippen LogP contribution in [0.25, 0.3) is 0 Å². The second-order valence-electron chi connectivity index (χ2n) is 6.27. The molecule has 0 aromatic heterocycles. The Morgan fingerprint density at radius 3 is 2.26 bits per heavy atom. The van der Waals surface area contributed by atoms with Crippen molar-refractivity contribution in [2.24, 2.45) is 0 Å². The number of aliphatic hydroxyl groups is 1. The molecule has 0 spiro atoms. The van der Waals surface area contributed by atoms with Crippen LogP contribution in [0, 0.1) is 0 Å². The van der Waals surface area contributed by atoms with Gasteiger partial charge in [-0.25, -0.2) is 0 Å². The number of thioether (sulfide) groups is 1. The second kappa shape index (κ2) is 7.66. The van der Waals surface area contributed by atoms with Gasteiger partial charge in [-0.15, -0.1) is 11.8 Å². The van der Waals surface area contributed by atoms with Gasteiger partial charge in [-0.05, 0) is 43.7 Å². The summed E-state index contributed by atoms with van der Waals surface area (Å²) in [5.41, 5.74) is 1.03. The average molecular weight is 329 g/mol. The molecule has 1 amide bonds. The van der Waals surface area contributed by atoms with Crippen molar-refractivity contribution in [1.29, 1.82) is 0 Å². The smallest absolute Gasteiger partial charge is 0.253 e. The highest BCUT2D eigenvalue weighted by Crippen LogP contribution is 2.23. The number of carbonyl (C=O) groups excluding carboxylic acids is 1. The minimum Gasteiger partial charge on any atom is -0.389 e. The Morgan fingerprint density at radius 1 is 1.09 bits per heavy atom. The highest BCUT2D eigenvalue weighted by atomic mass is 32.2. The third-order valence-corrected chi connectivity index (χ3v) is 4.40. The Morgan fingerprint density at radius 2 is 1.70 bits per heavy atom. The summed E-state index contributed by atoms with van der Waals surface area (Å²) in [5.74, 6) is 0.832. The van der Waals surface area contributed by atoms with E-state index < -0.39 is 5.60 Å². The summed E-state index contributed by atoms with van der Waals surface area (Å²) in [6.07, 6.45) is 0. The van der Waals surface area contributed by atoms with E-state index in [1.54, 1.807) is 37.6 Å². The lowest BCUT2D eigenvalue weighted by atomic mass is 10.1. The molecule has 0 heterocycles. The van der Waals surface area contributed by atoms with E-state index in [0.29, 0.717) is 12.1 Å². The van der Waals surface area contributed by atoms with E-state index in [1.165, 1.54) is 5.56 Å². The Labute approximate surface area is 142 Å². The SMILES string of the molecule is CN(CC(C)(C)O)C(=O)c1ccc(SCc2ccccc2)cc1. The maximum atomic E-state index is 12.3. The van der Waals surface area contributed by atoms with Gasteiger partial charge >= 0.3 is 0 Å². The third kappa shape index (κ3) is 5.73. The largest absolute Gasteiger partial charge is 0.389 e. The number of amides is 1. The number of carbonyl (C=O) groups is 1. The molecule has 0 unspecified atom stereocenters. The van der Waals surface area contributed by atoms with Gasteiger partial charge in [-0.1, -0.05) is 30.3 Å². The molecule has 0 radical (unpaired) electrons. The molecule has 0 saturated carbocycles. The van der Waals surface area contributed by atoms with E-state index in [1.807, 2.05) is 42.5 Å². The zero-order valence-corrected chi connectivity index (χ0v) is 14.6. The van der Waals surface area contributed by atoms with Crippen molar-refractivity contribution in [1.82, 2.24) is 4.90 Å². The first-order valence-electron chi connectivity index (χ1n) is 7.60. The normalized spacial score (nSPS) is 11.3. The van der Waals surface area contributed by atoms with Gasteiger partial charge in [0.15, 0.2) is 0 Å². The van der Waals surface area contributed by atoms with Crippen LogP contribution in [0.15, 0.2) is 59.5 Å². The minimum absolute atomic E-state index is 0.0771. The molecule has 3 nitrogen and oxygen atoms in total. The number of likely N-dealkylation sites (N-methyl/N-ethyl adjacent to an activating group) is 1. The molecule has 2 rings (SSSR count). The number of nitrogens with zero attached hydrogens (tertiary/aromatic N) is 1. The van der Waals surface area contributed by atoms with E-state index in [-0.39, 0.29) is 5.91 Å². The zero-order chi connectivity index (χ0) is 16.9. The monoisotopic (exact) mass is 329 g/mol. The lowest BCUT2D eigenvalue weighted by Gasteiger charge is -2.25. The first-order chi connectivity index (χ1) is 10.8. The van der Waals surface area contributed by atoms with Gasteiger partial charge in [0.25, 0.3) is 5.91 Å². The predicted octanol–water partition coefficient (Wildman–Crippen LogP) is 3.82. The molecule has 2 aromatic carbocycles. The number of hydrogen-bond donors (Lipinski definition) is 1. The second-order valence-corrected chi connectivity index (χ2v) is 7.32. The van der Waals surface area contributed by atoms with Gasteiger partial charge in [-0.2, -0.15) is 0 Å². The standard InChI is InChI=1S/C19H23NO2S/c1-19(2,22)14-20(3)18(21)16-9-11-17(12-10-16)23-13-15-7-5-4-6-8-15/h4-12,22H,13-14H2,1-3H3. The molecule has 0 fully saturated rings. The lowest BCUT2D eigenvalue weighted by molar-refractivity contribution is 0.0368. The topological polar surface area (TPSA) is 40.5 Å². The van der Waals surface area contributed by atoms with Crippen molar-refractivity contribution in [3.8, 4) is 0 Å². The molecule has 4 heteroatoms. The first-order valence-corrected chi connectivity index (χ1v) is 8.58. The van der Waals surface area contributed by atoms with E-state index in [9.17, 15) is 9.90 Å². The van der Waals surface area contributed by atoms with Gasteiger partial charge in [0.1, 0.15) is 0 Å². The summed E-state index contributed by atoms with van der Waals surface area (Å²) >= 11 is 1.75. The van der Waals surface area contributed by atoms with Gasteiger partial charge in [-0.3, -0.25) is 4.79 Å². The fourth-order valence-corrected chi connectivity index (χ4v) is 3.16. The first kappa shape index (κ1) is 17.6. The number of rotatable bonds is 6. The van der Waals surface area contributed by atoms with Crippen LogP contribution < -0.4 is 0 Å². The van der Waals surface area contributed by atoms with E-state index in [2.05, 4.69) is 12.1 Å². The molecule has 0 aliphatic carbocycles. The van der Waals surface area contributed by atoms with Crippen molar-refractivity contribution >= 4 is 17.7 Å². The van der Waals surface area contributed by atoms with Crippen molar-refractivity contribution in [2.45, 2.75) is 30.1 Å². The van der Waals surface area contributed by atoms with Crippen LogP contribution in [0.5, 0.6) is 0 Å². The molecule has 0 atom stereocenters. The van der Waals surface area contributed by atoms with Crippen LogP contribution in [0.3, 0.4) is 0 Å². The molecular weight excluding hydrogens is 306 g/mol. The van der Waals surface area contributed by atoms with Crippen LogP contribution in [0.1, 0.15) is 29.8 Å². The number of hydrogen-bond acceptors (Lipinski definition) is 3. The summed E-state index contributed by atoms with van der Waals surface area (Å²) in [4.78, 5) is 15.0. The Bertz CT molecular complexity index is 633. The molecule has 0 aliphatic heterocycles. The van der Waals surface area contributed by atoms with Gasteiger partial charge in [0.05, 0.1) is 5.60 Å². The van der Waals surface area contributed by atoms with Crippen molar-refractivity contribution in [3.63, 3.8) is 0 Å². The summed E-state index contributed by atoms with van der Waals surface area (Å²) in [6.45, 7) is 3.69. The third-order valence-electron chi connectivity index (χ3n) is 3.32. The maximum Gasteiger partial charge on any atom is 0.253 e. The summed E-state index contributed by atoms with van der Waals surface area (Å²) in [5, 5.41) is 9.81. The van der Waals surface area contributed by atoms with E-state index >= 15 is 0 Å². The zero-order valence-electron chi connectivity index (χ0n) is 13.8. The van der Waals surface area contributed by atoms with Gasteiger partial charge in [0, 0.05) is 29.8 Å². The summed E-state index contributed by atoms with van der Waals surface area (Å²) in [7, 11) is 1.71. The Balaban J connectivity index is 1.95. The van der Waals surface area contributed by atoms with Crippen molar-refractivity contribution in [2.75, 3.05) is 13.6 Å². The fourth-order valence-electron chi connectivity index (χ4n) is 2.31. The molecule has 1 N–H and O–H groups in total. The van der Waals surface area contributed by atoms with Crippen LogP contribution in [-0.4, -0.2) is 35.1 Å². The molecule has 0 aliphatic rings. The van der Waals surface area contributed by atoms with E-state index in [4.69, 9.17) is 0 Å². The Hall–Kier alpha value is -1.78. The molecule has 122 valence electrons. The van der Waals surface area contributed by atoms with Crippen molar-refractivity contribution in [3.05, 3.63) is 65.7 Å². The van der Waals surface area contributed by atoms with Crippen LogP contribution in [0.4, 0.5) is 0 Å². The summed E-state index contributed by atoms with van der Waals surface area (Å²) in [6, 6.07) is 17.9. The number of benzene rings is 2. The van der Waals surface area contributed by atoms with Crippen LogP contribution in [0.2, 0.25) is 0 Å². The van der Waals surface area contributed by atoms with E-state index in [0.717, 1.165) is 10.6 Å². The molecule has 0 bridgehead atoms. The minimum atomic E-state index is -0.893. The highest BCUT2D eigenvalue weighted by molar-refractivity contribution is 7.98. The summed E-state index contributed by atoms with van der Waals surface area (Å²) < 4.78 is 0. The average Bonchev–Trinajstić information content (AvgIpc) is 2.52. The Kier molecular flexibility index (Phi) is 5.85. The fraction of sp³-hybridized carbons (Fsp3) is 0.316. The molecule has 2 aromatic rings. The highest BCUT2D eigenvalue weighted by Gasteiger charge is 2.20.